The molecule has 0 fully saturated rings. The minimum absolute atomic E-state index is 0.862. The van der Waals surface area contributed by atoms with Gasteiger partial charge in [0, 0.05) is 28.0 Å². The summed E-state index contributed by atoms with van der Waals surface area (Å²) in [5.41, 5.74) is 5.91. The van der Waals surface area contributed by atoms with Crippen LogP contribution >= 0.6 is 15.9 Å². The van der Waals surface area contributed by atoms with Gasteiger partial charge in [0.2, 0.25) is 0 Å². The lowest BCUT2D eigenvalue weighted by atomic mass is 10.1. The molecule has 2 heterocycles. The van der Waals surface area contributed by atoms with Gasteiger partial charge >= 0.3 is 0 Å². The highest BCUT2D eigenvalue weighted by Gasteiger charge is 2.08. The van der Waals surface area contributed by atoms with E-state index in [-0.39, 0.29) is 0 Å². The Morgan fingerprint density at radius 2 is 1.65 bits per heavy atom. The molecular weight excluding hydrogens is 352 g/mol. The third kappa shape index (κ3) is 2.64. The zero-order valence-corrected chi connectivity index (χ0v) is 14.0. The average molecular weight is 365 g/mol. The first-order valence-corrected chi connectivity index (χ1v) is 8.04. The van der Waals surface area contributed by atoms with Crippen molar-refractivity contribution in [2.75, 3.05) is 0 Å². The van der Waals surface area contributed by atoms with Gasteiger partial charge < -0.3 is 4.98 Å². The van der Waals surface area contributed by atoms with E-state index in [1.54, 1.807) is 12.4 Å². The quantitative estimate of drug-likeness (QED) is 0.557. The Kier molecular flexibility index (Phi) is 3.42. The highest BCUT2D eigenvalue weighted by atomic mass is 79.9. The van der Waals surface area contributed by atoms with Crippen molar-refractivity contribution in [2.24, 2.45) is 0 Å². The molecule has 0 amide bonds. The number of aromatic nitrogens is 4. The van der Waals surface area contributed by atoms with Crippen molar-refractivity contribution < 1.29 is 0 Å². The predicted octanol–water partition coefficient (Wildman–Crippen LogP) is 4.76. The molecule has 0 aliphatic carbocycles. The Balaban J connectivity index is 1.73. The van der Waals surface area contributed by atoms with Crippen molar-refractivity contribution in [3.63, 3.8) is 0 Å². The lowest BCUT2D eigenvalue weighted by molar-refractivity contribution is 1.12. The highest BCUT2D eigenvalue weighted by Crippen LogP contribution is 2.26. The SMILES string of the molecule is Cc1nccnc1-c1ccc(-c2nc3ccc(Br)cc3[nH]2)cc1. The number of H-pyrrole nitrogens is 1. The number of hydrogen-bond donors (Lipinski definition) is 1. The number of aromatic amines is 1. The molecular formula is C18H13BrN4. The fraction of sp³-hybridized carbons (Fsp3) is 0.0556. The van der Waals surface area contributed by atoms with Gasteiger partial charge in [-0.1, -0.05) is 40.2 Å². The van der Waals surface area contributed by atoms with Crippen LogP contribution in [0.15, 0.2) is 59.3 Å². The number of halogens is 1. The molecule has 0 bridgehead atoms. The predicted molar refractivity (Wildman–Crippen MR) is 95.0 cm³/mol. The number of fused-ring (bicyclic) bond motifs is 1. The highest BCUT2D eigenvalue weighted by molar-refractivity contribution is 9.10. The summed E-state index contributed by atoms with van der Waals surface area (Å²) in [6.07, 6.45) is 3.42. The Morgan fingerprint density at radius 3 is 2.43 bits per heavy atom. The maximum atomic E-state index is 4.64. The number of imidazole rings is 1. The van der Waals surface area contributed by atoms with Crippen molar-refractivity contribution in [1.82, 2.24) is 19.9 Å². The molecule has 0 unspecified atom stereocenters. The van der Waals surface area contributed by atoms with Crippen LogP contribution < -0.4 is 0 Å². The van der Waals surface area contributed by atoms with E-state index in [9.17, 15) is 0 Å². The van der Waals surface area contributed by atoms with Gasteiger partial charge in [0.05, 0.1) is 22.4 Å². The molecule has 4 rings (SSSR count). The average Bonchev–Trinajstić information content (AvgIpc) is 2.98. The lowest BCUT2D eigenvalue weighted by Gasteiger charge is -2.04. The summed E-state index contributed by atoms with van der Waals surface area (Å²) in [6.45, 7) is 1.97. The van der Waals surface area contributed by atoms with E-state index in [4.69, 9.17) is 0 Å². The van der Waals surface area contributed by atoms with Gasteiger partial charge in [-0.05, 0) is 25.1 Å². The Morgan fingerprint density at radius 1 is 0.913 bits per heavy atom. The van der Waals surface area contributed by atoms with Gasteiger partial charge in [-0.2, -0.15) is 0 Å². The summed E-state index contributed by atoms with van der Waals surface area (Å²) in [6, 6.07) is 14.2. The smallest absolute Gasteiger partial charge is 0.138 e. The van der Waals surface area contributed by atoms with Crippen molar-refractivity contribution in [1.29, 1.82) is 0 Å². The van der Waals surface area contributed by atoms with Crippen LogP contribution in [0.25, 0.3) is 33.7 Å². The molecule has 5 heteroatoms. The first-order valence-electron chi connectivity index (χ1n) is 7.24. The molecule has 4 nitrogen and oxygen atoms in total. The standard InChI is InChI=1S/C18H13BrN4/c1-11-17(21-9-8-20-11)12-2-4-13(5-3-12)18-22-15-7-6-14(19)10-16(15)23-18/h2-10H,1H3,(H,22,23). The van der Waals surface area contributed by atoms with Gasteiger partial charge in [0.25, 0.3) is 0 Å². The molecule has 0 saturated carbocycles. The molecule has 0 atom stereocenters. The molecule has 0 aliphatic heterocycles. The molecule has 1 N–H and O–H groups in total. The number of aryl methyl sites for hydroxylation is 1. The molecule has 0 radical (unpaired) electrons. The van der Waals surface area contributed by atoms with Gasteiger partial charge in [0.15, 0.2) is 0 Å². The fourth-order valence-electron chi connectivity index (χ4n) is 2.60. The van der Waals surface area contributed by atoms with Crippen LogP contribution in [0.5, 0.6) is 0 Å². The summed E-state index contributed by atoms with van der Waals surface area (Å²) >= 11 is 3.48. The van der Waals surface area contributed by atoms with E-state index in [0.29, 0.717) is 0 Å². The summed E-state index contributed by atoms with van der Waals surface area (Å²) in [4.78, 5) is 16.7. The number of nitrogens with zero attached hydrogens (tertiary/aromatic N) is 3. The van der Waals surface area contributed by atoms with E-state index in [2.05, 4.69) is 60.1 Å². The van der Waals surface area contributed by atoms with E-state index in [1.165, 1.54) is 0 Å². The first-order chi connectivity index (χ1) is 11.2. The number of nitrogens with one attached hydrogen (secondary N) is 1. The van der Waals surface area contributed by atoms with Crippen LogP contribution in [0.2, 0.25) is 0 Å². The second-order valence-corrected chi connectivity index (χ2v) is 6.23. The minimum atomic E-state index is 0.862. The van der Waals surface area contributed by atoms with Crippen molar-refractivity contribution in [2.45, 2.75) is 6.92 Å². The van der Waals surface area contributed by atoms with E-state index in [1.807, 2.05) is 25.1 Å². The topological polar surface area (TPSA) is 54.5 Å². The normalized spacial score (nSPS) is 11.0. The van der Waals surface area contributed by atoms with Crippen molar-refractivity contribution in [3.8, 4) is 22.6 Å². The molecule has 4 aromatic rings. The summed E-state index contributed by atoms with van der Waals surface area (Å²) in [5, 5.41) is 0. The zero-order chi connectivity index (χ0) is 15.8. The minimum Gasteiger partial charge on any atom is -0.338 e. The number of benzene rings is 2. The van der Waals surface area contributed by atoms with Crippen molar-refractivity contribution >= 4 is 27.0 Å². The lowest BCUT2D eigenvalue weighted by Crippen LogP contribution is -1.90. The van der Waals surface area contributed by atoms with E-state index in [0.717, 1.165) is 43.8 Å². The molecule has 0 saturated heterocycles. The molecule has 2 aromatic carbocycles. The van der Waals surface area contributed by atoms with Crippen LogP contribution in [-0.4, -0.2) is 19.9 Å². The van der Waals surface area contributed by atoms with E-state index < -0.39 is 0 Å². The zero-order valence-electron chi connectivity index (χ0n) is 12.4. The second-order valence-electron chi connectivity index (χ2n) is 5.31. The van der Waals surface area contributed by atoms with E-state index >= 15 is 0 Å². The van der Waals surface area contributed by atoms with Crippen molar-refractivity contribution in [3.05, 3.63) is 65.0 Å². The molecule has 2 aromatic heterocycles. The van der Waals surface area contributed by atoms with Gasteiger partial charge in [-0.15, -0.1) is 0 Å². The monoisotopic (exact) mass is 364 g/mol. The third-order valence-corrected chi connectivity index (χ3v) is 4.25. The molecule has 0 aliphatic rings. The number of hydrogen-bond acceptors (Lipinski definition) is 3. The maximum Gasteiger partial charge on any atom is 0.138 e. The Hall–Kier alpha value is -2.53. The second kappa shape index (κ2) is 5.59. The Labute approximate surface area is 141 Å². The van der Waals surface area contributed by atoms with Crippen LogP contribution in [0.3, 0.4) is 0 Å². The molecule has 0 spiro atoms. The number of rotatable bonds is 2. The van der Waals surface area contributed by atoms with Crippen LogP contribution in [0, 0.1) is 6.92 Å². The summed E-state index contributed by atoms with van der Waals surface area (Å²) in [7, 11) is 0. The Bertz CT molecular complexity index is 990. The fourth-order valence-corrected chi connectivity index (χ4v) is 2.96. The van der Waals surface area contributed by atoms with Gasteiger partial charge in [-0.25, -0.2) is 4.98 Å². The van der Waals surface area contributed by atoms with Gasteiger partial charge in [0.1, 0.15) is 5.82 Å². The first kappa shape index (κ1) is 14.1. The van der Waals surface area contributed by atoms with Crippen LogP contribution in [0.1, 0.15) is 5.69 Å². The van der Waals surface area contributed by atoms with Gasteiger partial charge in [-0.3, -0.25) is 9.97 Å². The van der Waals surface area contributed by atoms with Crippen LogP contribution in [-0.2, 0) is 0 Å². The molecule has 23 heavy (non-hydrogen) atoms. The summed E-state index contributed by atoms with van der Waals surface area (Å²) in [5.74, 6) is 0.862. The molecule has 112 valence electrons. The summed E-state index contributed by atoms with van der Waals surface area (Å²) < 4.78 is 1.04. The largest absolute Gasteiger partial charge is 0.338 e. The maximum absolute atomic E-state index is 4.64. The third-order valence-electron chi connectivity index (χ3n) is 3.76. The van der Waals surface area contributed by atoms with Crippen LogP contribution in [0.4, 0.5) is 0 Å².